The van der Waals surface area contributed by atoms with Gasteiger partial charge in [-0.1, -0.05) is 60.7 Å². The number of hydrogen-bond donors (Lipinski definition) is 2. The highest BCUT2D eigenvalue weighted by molar-refractivity contribution is 5.75. The third-order valence-electron chi connectivity index (χ3n) is 6.24. The average Bonchev–Trinajstić information content (AvgIpc) is 2.78. The number of nitriles is 1. The van der Waals surface area contributed by atoms with Gasteiger partial charge in [-0.2, -0.15) is 5.26 Å². The quantitative estimate of drug-likeness (QED) is 0.675. The summed E-state index contributed by atoms with van der Waals surface area (Å²) in [5, 5.41) is 16.4. The van der Waals surface area contributed by atoms with Crippen molar-refractivity contribution < 1.29 is 9.59 Å². The van der Waals surface area contributed by atoms with Crippen LogP contribution in [0.4, 0.5) is 4.79 Å². The number of urea groups is 1. The molecule has 0 bridgehead atoms. The molecule has 0 spiro atoms. The van der Waals surface area contributed by atoms with Crippen LogP contribution >= 0.6 is 0 Å². The van der Waals surface area contributed by atoms with Gasteiger partial charge in [0.1, 0.15) is 11.7 Å². The first-order chi connectivity index (χ1) is 14.6. The lowest BCUT2D eigenvalue weighted by atomic mass is 9.70. The van der Waals surface area contributed by atoms with Crippen molar-refractivity contribution in [3.63, 3.8) is 0 Å². The summed E-state index contributed by atoms with van der Waals surface area (Å²) >= 11 is 0. The number of rotatable bonds is 7. The van der Waals surface area contributed by atoms with Crippen LogP contribution in [0.15, 0.2) is 60.7 Å². The van der Waals surface area contributed by atoms with E-state index in [1.807, 2.05) is 67.6 Å². The van der Waals surface area contributed by atoms with Gasteiger partial charge in [-0.25, -0.2) is 4.79 Å². The Balaban J connectivity index is 1.74. The van der Waals surface area contributed by atoms with Gasteiger partial charge in [-0.15, -0.1) is 0 Å². The van der Waals surface area contributed by atoms with Crippen molar-refractivity contribution in [2.24, 2.45) is 5.92 Å². The molecule has 30 heavy (non-hydrogen) atoms. The molecule has 0 unspecified atom stereocenters. The Labute approximate surface area is 178 Å². The molecule has 1 atom stereocenters. The van der Waals surface area contributed by atoms with Crippen LogP contribution in [0.5, 0.6) is 0 Å². The largest absolute Gasteiger partial charge is 0.335 e. The van der Waals surface area contributed by atoms with Crippen molar-refractivity contribution in [1.82, 2.24) is 10.6 Å². The smallest absolute Gasteiger partial charge is 0.315 e. The second kappa shape index (κ2) is 10.1. The van der Waals surface area contributed by atoms with Gasteiger partial charge in [0, 0.05) is 12.5 Å². The number of carbonyl (C=O) groups excluding carboxylic acids is 2. The van der Waals surface area contributed by atoms with Gasteiger partial charge in [0.05, 0.1) is 12.1 Å². The molecule has 3 rings (SSSR count). The molecule has 1 aliphatic carbocycles. The highest BCUT2D eigenvalue weighted by Crippen LogP contribution is 2.35. The second-order valence-corrected chi connectivity index (χ2v) is 8.11. The van der Waals surface area contributed by atoms with Gasteiger partial charge in [0.15, 0.2) is 0 Å². The van der Waals surface area contributed by atoms with E-state index in [9.17, 15) is 14.9 Å². The summed E-state index contributed by atoms with van der Waals surface area (Å²) in [6, 6.07) is 21.1. The standard InChI is InChI=1S/C25H29N3O2/c1-19(27-24(30)28-23-14-12-20(13-15-23)16-17-29)25(18-26,21-8-4-2-5-9-21)22-10-6-3-7-11-22/h2-11,17,19-20,23H,12-16H2,1H3,(H2,27,28,30)/t19-,20?,23?/m0/s1. The van der Waals surface area contributed by atoms with Crippen molar-refractivity contribution in [2.45, 2.75) is 56.5 Å². The van der Waals surface area contributed by atoms with Crippen LogP contribution < -0.4 is 10.6 Å². The van der Waals surface area contributed by atoms with Crippen LogP contribution in [0.1, 0.15) is 50.2 Å². The molecule has 0 aliphatic heterocycles. The maximum atomic E-state index is 12.8. The van der Waals surface area contributed by atoms with Crippen molar-refractivity contribution in [2.75, 3.05) is 0 Å². The van der Waals surface area contributed by atoms with Gasteiger partial charge in [-0.05, 0) is 49.7 Å². The lowest BCUT2D eigenvalue weighted by Gasteiger charge is -2.35. The summed E-state index contributed by atoms with van der Waals surface area (Å²) in [6.45, 7) is 1.88. The zero-order chi connectivity index (χ0) is 21.4. The fourth-order valence-corrected chi connectivity index (χ4v) is 4.51. The van der Waals surface area contributed by atoms with Crippen LogP contribution in [-0.2, 0) is 10.2 Å². The zero-order valence-corrected chi connectivity index (χ0v) is 17.4. The minimum Gasteiger partial charge on any atom is -0.335 e. The van der Waals surface area contributed by atoms with E-state index in [0.717, 1.165) is 43.1 Å². The summed E-state index contributed by atoms with van der Waals surface area (Å²) in [5.74, 6) is 0.435. The summed E-state index contributed by atoms with van der Waals surface area (Å²) in [5.41, 5.74) is 0.698. The molecule has 0 heterocycles. The number of hydrogen-bond acceptors (Lipinski definition) is 3. The van der Waals surface area contributed by atoms with E-state index < -0.39 is 11.5 Å². The predicted molar refractivity (Wildman–Crippen MR) is 117 cm³/mol. The summed E-state index contributed by atoms with van der Waals surface area (Å²) in [7, 11) is 0. The highest BCUT2D eigenvalue weighted by atomic mass is 16.2. The first-order valence-corrected chi connectivity index (χ1v) is 10.6. The molecule has 156 valence electrons. The summed E-state index contributed by atoms with van der Waals surface area (Å²) < 4.78 is 0. The van der Waals surface area contributed by atoms with Crippen LogP contribution in [0.25, 0.3) is 0 Å². The first-order valence-electron chi connectivity index (χ1n) is 10.6. The van der Waals surface area contributed by atoms with E-state index in [0.29, 0.717) is 12.3 Å². The number of nitrogens with one attached hydrogen (secondary N) is 2. The molecule has 0 aromatic heterocycles. The van der Waals surface area contributed by atoms with Crippen LogP contribution in [0, 0.1) is 17.2 Å². The zero-order valence-electron chi connectivity index (χ0n) is 17.4. The van der Waals surface area contributed by atoms with Crippen molar-refractivity contribution in [1.29, 1.82) is 5.26 Å². The lowest BCUT2D eigenvalue weighted by molar-refractivity contribution is -0.108. The molecular formula is C25H29N3O2. The second-order valence-electron chi connectivity index (χ2n) is 8.11. The van der Waals surface area contributed by atoms with Crippen molar-refractivity contribution in [3.8, 4) is 6.07 Å². The molecule has 2 N–H and O–H groups in total. The molecule has 1 saturated carbocycles. The SMILES string of the molecule is C[C@H](NC(=O)NC1CCC(CC=O)CC1)C(C#N)(c1ccccc1)c1ccccc1. The van der Waals surface area contributed by atoms with E-state index in [1.54, 1.807) is 0 Å². The maximum Gasteiger partial charge on any atom is 0.315 e. The van der Waals surface area contributed by atoms with Crippen LogP contribution in [0.3, 0.4) is 0 Å². The molecule has 1 fully saturated rings. The van der Waals surface area contributed by atoms with E-state index in [-0.39, 0.29) is 12.1 Å². The molecule has 2 aromatic carbocycles. The van der Waals surface area contributed by atoms with E-state index >= 15 is 0 Å². The van der Waals surface area contributed by atoms with Gasteiger partial charge >= 0.3 is 6.03 Å². The van der Waals surface area contributed by atoms with Gasteiger partial charge in [-0.3, -0.25) is 0 Å². The fraction of sp³-hybridized carbons (Fsp3) is 0.400. The normalized spacial score (nSPS) is 19.9. The predicted octanol–water partition coefficient (Wildman–Crippen LogP) is 4.33. The average molecular weight is 404 g/mol. The Morgan fingerprint density at radius 2 is 1.60 bits per heavy atom. The molecule has 0 radical (unpaired) electrons. The maximum absolute atomic E-state index is 12.8. The molecule has 0 saturated heterocycles. The number of amides is 2. The minimum absolute atomic E-state index is 0.102. The van der Waals surface area contributed by atoms with E-state index in [2.05, 4.69) is 16.7 Å². The minimum atomic E-state index is -0.999. The number of nitrogens with zero attached hydrogens (tertiary/aromatic N) is 1. The lowest BCUT2D eigenvalue weighted by Crippen LogP contribution is -2.53. The molecule has 5 heteroatoms. The molecule has 5 nitrogen and oxygen atoms in total. The van der Waals surface area contributed by atoms with Crippen LogP contribution in [0.2, 0.25) is 0 Å². The van der Waals surface area contributed by atoms with E-state index in [1.165, 1.54) is 0 Å². The summed E-state index contributed by atoms with van der Waals surface area (Å²) in [6.07, 6.45) is 5.25. The Morgan fingerprint density at radius 1 is 1.07 bits per heavy atom. The van der Waals surface area contributed by atoms with Crippen molar-refractivity contribution >= 4 is 12.3 Å². The third-order valence-corrected chi connectivity index (χ3v) is 6.24. The first kappa shape index (κ1) is 21.6. The molecular weight excluding hydrogens is 374 g/mol. The van der Waals surface area contributed by atoms with Crippen molar-refractivity contribution in [3.05, 3.63) is 71.8 Å². The topological polar surface area (TPSA) is 82.0 Å². The Morgan fingerprint density at radius 3 is 2.07 bits per heavy atom. The number of benzene rings is 2. The third kappa shape index (κ3) is 4.71. The van der Waals surface area contributed by atoms with E-state index in [4.69, 9.17) is 0 Å². The molecule has 2 aromatic rings. The Bertz CT molecular complexity index is 829. The highest BCUT2D eigenvalue weighted by Gasteiger charge is 2.41. The summed E-state index contributed by atoms with van der Waals surface area (Å²) in [4.78, 5) is 23.5. The monoisotopic (exact) mass is 403 g/mol. The molecule has 1 aliphatic rings. The van der Waals surface area contributed by atoms with Gasteiger partial charge in [0.25, 0.3) is 0 Å². The Hall–Kier alpha value is -3.13. The molecule has 2 amide bonds. The van der Waals surface area contributed by atoms with Crippen LogP contribution in [-0.4, -0.2) is 24.4 Å². The number of carbonyl (C=O) groups is 2. The Kier molecular flexibility index (Phi) is 7.24. The van der Waals surface area contributed by atoms with Gasteiger partial charge < -0.3 is 15.4 Å². The number of aldehydes is 1. The fourth-order valence-electron chi connectivity index (χ4n) is 4.51. The van der Waals surface area contributed by atoms with Gasteiger partial charge in [0.2, 0.25) is 0 Å².